The summed E-state index contributed by atoms with van der Waals surface area (Å²) >= 11 is 1.40. The number of hydrogen-bond donors (Lipinski definition) is 3. The van der Waals surface area contributed by atoms with Crippen LogP contribution in [0.2, 0.25) is 0 Å². The molecule has 2 amide bonds. The largest absolute Gasteiger partial charge is 0.481 e. The van der Waals surface area contributed by atoms with Gasteiger partial charge in [-0.05, 0) is 41.0 Å². The molecular weight excluding hydrogens is 464 g/mol. The molecule has 0 radical (unpaired) electrons. The first-order chi connectivity index (χ1) is 17.0. The van der Waals surface area contributed by atoms with Gasteiger partial charge in [0, 0.05) is 24.3 Å². The zero-order valence-corrected chi connectivity index (χ0v) is 20.5. The number of amides is 2. The number of fused-ring (bicyclic) bond motifs is 3. The van der Waals surface area contributed by atoms with E-state index in [1.54, 1.807) is 0 Å². The van der Waals surface area contributed by atoms with Crippen molar-refractivity contribution in [2.75, 3.05) is 24.7 Å². The number of alkyl carbamates (subject to hydrolysis) is 1. The van der Waals surface area contributed by atoms with Crippen molar-refractivity contribution in [2.24, 2.45) is 5.92 Å². The Morgan fingerprint density at radius 3 is 2.26 bits per heavy atom. The lowest BCUT2D eigenvalue weighted by Crippen LogP contribution is -2.42. The summed E-state index contributed by atoms with van der Waals surface area (Å²) in [4.78, 5) is 35.7. The topological polar surface area (TPSA) is 105 Å². The fraction of sp³-hybridized carbons (Fsp3) is 0.444. The molecular formula is C27H32N2O5S. The number of hydrogen-bond acceptors (Lipinski definition) is 5. The average molecular weight is 497 g/mol. The molecule has 0 saturated heterocycles. The molecule has 1 unspecified atom stereocenters. The van der Waals surface area contributed by atoms with Crippen LogP contribution in [0.15, 0.2) is 48.5 Å². The quantitative estimate of drug-likeness (QED) is 0.398. The number of thioether (sulfide) groups is 1. The van der Waals surface area contributed by atoms with Crippen LogP contribution >= 0.6 is 11.8 Å². The highest BCUT2D eigenvalue weighted by molar-refractivity contribution is 7.99. The Morgan fingerprint density at radius 1 is 1.00 bits per heavy atom. The molecule has 1 fully saturated rings. The van der Waals surface area contributed by atoms with E-state index in [-0.39, 0.29) is 42.6 Å². The highest BCUT2D eigenvalue weighted by atomic mass is 32.2. The average Bonchev–Trinajstić information content (AvgIpc) is 3.49. The Kier molecular flexibility index (Phi) is 8.69. The van der Waals surface area contributed by atoms with Crippen LogP contribution in [0.5, 0.6) is 0 Å². The van der Waals surface area contributed by atoms with Crippen LogP contribution < -0.4 is 10.6 Å². The molecule has 0 bridgehead atoms. The van der Waals surface area contributed by atoms with Gasteiger partial charge in [-0.1, -0.05) is 61.4 Å². The summed E-state index contributed by atoms with van der Waals surface area (Å²) < 4.78 is 5.52. The Hall–Kier alpha value is -3.00. The second kappa shape index (κ2) is 12.1. The molecule has 2 aliphatic rings. The van der Waals surface area contributed by atoms with E-state index in [1.807, 2.05) is 24.3 Å². The van der Waals surface area contributed by atoms with Crippen molar-refractivity contribution in [1.29, 1.82) is 0 Å². The smallest absolute Gasteiger partial charge is 0.407 e. The maximum Gasteiger partial charge on any atom is 0.407 e. The number of carboxylic acids is 1. The number of carbonyl (C=O) groups is 3. The first-order valence-electron chi connectivity index (χ1n) is 12.2. The summed E-state index contributed by atoms with van der Waals surface area (Å²) in [6, 6.07) is 16.1. The minimum absolute atomic E-state index is 0.0184. The molecule has 4 rings (SSSR count). The minimum atomic E-state index is -0.887. The molecule has 0 aliphatic heterocycles. The fourth-order valence-electron chi connectivity index (χ4n) is 5.17. The first-order valence-corrected chi connectivity index (χ1v) is 13.4. The van der Waals surface area contributed by atoms with Gasteiger partial charge in [-0.3, -0.25) is 9.59 Å². The Labute approximate surface area is 210 Å². The summed E-state index contributed by atoms with van der Waals surface area (Å²) in [5, 5.41) is 14.8. The van der Waals surface area contributed by atoms with Gasteiger partial charge in [0.25, 0.3) is 0 Å². The van der Waals surface area contributed by atoms with Crippen LogP contribution in [0.1, 0.15) is 49.1 Å². The zero-order valence-electron chi connectivity index (χ0n) is 19.7. The maximum absolute atomic E-state index is 12.3. The maximum atomic E-state index is 12.3. The van der Waals surface area contributed by atoms with Gasteiger partial charge in [-0.15, -0.1) is 0 Å². The van der Waals surface area contributed by atoms with Gasteiger partial charge in [0.05, 0.1) is 12.2 Å². The molecule has 1 atom stereocenters. The third-order valence-electron chi connectivity index (χ3n) is 6.80. The van der Waals surface area contributed by atoms with Crippen molar-refractivity contribution >= 4 is 29.7 Å². The monoisotopic (exact) mass is 496 g/mol. The van der Waals surface area contributed by atoms with Gasteiger partial charge in [0.15, 0.2) is 0 Å². The van der Waals surface area contributed by atoms with E-state index < -0.39 is 12.1 Å². The Bertz CT molecular complexity index is 1010. The Morgan fingerprint density at radius 2 is 1.63 bits per heavy atom. The normalized spacial score (nSPS) is 15.8. The van der Waals surface area contributed by atoms with Gasteiger partial charge < -0.3 is 20.5 Å². The molecule has 1 saturated carbocycles. The van der Waals surface area contributed by atoms with Gasteiger partial charge in [-0.25, -0.2) is 4.79 Å². The van der Waals surface area contributed by atoms with Crippen LogP contribution in [0, 0.1) is 5.92 Å². The van der Waals surface area contributed by atoms with E-state index >= 15 is 0 Å². The molecule has 3 N–H and O–H groups in total. The summed E-state index contributed by atoms with van der Waals surface area (Å²) in [5.41, 5.74) is 4.71. The molecule has 2 aromatic carbocycles. The fourth-order valence-corrected chi connectivity index (χ4v) is 5.83. The van der Waals surface area contributed by atoms with Crippen LogP contribution in [0.25, 0.3) is 11.1 Å². The molecule has 35 heavy (non-hydrogen) atoms. The number of aliphatic carboxylic acids is 1. The van der Waals surface area contributed by atoms with E-state index in [0.717, 1.165) is 25.7 Å². The lowest BCUT2D eigenvalue weighted by molar-refractivity contribution is -0.138. The van der Waals surface area contributed by atoms with Crippen molar-refractivity contribution < 1.29 is 24.2 Å². The van der Waals surface area contributed by atoms with Gasteiger partial charge in [0.2, 0.25) is 5.91 Å². The van der Waals surface area contributed by atoms with E-state index in [0.29, 0.717) is 12.3 Å². The third-order valence-corrected chi connectivity index (χ3v) is 7.76. The predicted octanol–water partition coefficient (Wildman–Crippen LogP) is 4.41. The molecule has 186 valence electrons. The number of nitrogens with one attached hydrogen (secondary N) is 2. The molecule has 0 heterocycles. The zero-order chi connectivity index (χ0) is 24.6. The number of rotatable bonds is 11. The lowest BCUT2D eigenvalue weighted by atomic mass is 9.95. The first kappa shape index (κ1) is 25.1. The second-order valence-electron chi connectivity index (χ2n) is 9.12. The van der Waals surface area contributed by atoms with Crippen LogP contribution in [0.3, 0.4) is 0 Å². The molecule has 0 spiro atoms. The highest BCUT2D eigenvalue weighted by Crippen LogP contribution is 2.44. The molecule has 8 heteroatoms. The summed E-state index contributed by atoms with van der Waals surface area (Å²) in [6.45, 7) is 0.650. The van der Waals surface area contributed by atoms with Crippen molar-refractivity contribution in [3.8, 4) is 11.1 Å². The summed E-state index contributed by atoms with van der Waals surface area (Å²) in [6.07, 6.45) is 3.61. The van der Waals surface area contributed by atoms with Crippen LogP contribution in [-0.2, 0) is 14.3 Å². The van der Waals surface area contributed by atoms with Crippen LogP contribution in [0.4, 0.5) is 4.79 Å². The number of carbonyl (C=O) groups excluding carboxylic acids is 2. The lowest BCUT2D eigenvalue weighted by Gasteiger charge is -2.23. The highest BCUT2D eigenvalue weighted by Gasteiger charge is 2.29. The number of ether oxygens (including phenoxy) is 1. The summed E-state index contributed by atoms with van der Waals surface area (Å²) in [7, 11) is 0. The van der Waals surface area contributed by atoms with E-state index in [2.05, 4.69) is 34.9 Å². The molecule has 2 aromatic rings. The van der Waals surface area contributed by atoms with Crippen molar-refractivity contribution in [3.05, 3.63) is 59.7 Å². The van der Waals surface area contributed by atoms with Crippen molar-refractivity contribution in [1.82, 2.24) is 10.6 Å². The summed E-state index contributed by atoms with van der Waals surface area (Å²) in [5.74, 6) is 0.0106. The predicted molar refractivity (Wildman–Crippen MR) is 137 cm³/mol. The third kappa shape index (κ3) is 6.57. The molecule has 7 nitrogen and oxygen atoms in total. The van der Waals surface area contributed by atoms with Gasteiger partial charge >= 0.3 is 12.1 Å². The van der Waals surface area contributed by atoms with Crippen LogP contribution in [-0.4, -0.2) is 53.8 Å². The number of benzene rings is 2. The minimum Gasteiger partial charge on any atom is -0.481 e. The van der Waals surface area contributed by atoms with Gasteiger partial charge in [0.1, 0.15) is 6.61 Å². The van der Waals surface area contributed by atoms with E-state index in [9.17, 15) is 14.4 Å². The molecule has 2 aliphatic carbocycles. The Balaban J connectivity index is 1.15. The van der Waals surface area contributed by atoms with E-state index in [4.69, 9.17) is 9.84 Å². The van der Waals surface area contributed by atoms with E-state index in [1.165, 1.54) is 34.0 Å². The standard InChI is InChI=1S/C27H32N2O5S/c30-25(29-24(15-26(31)32)18-7-1-2-8-18)17-35-14-13-28-27(33)34-16-23-21-11-5-3-9-19(21)20-10-4-6-12-22(20)23/h3-6,9-12,18,23-24H,1-2,7-8,13-17H2,(H,28,33)(H,29,30)(H,31,32). The van der Waals surface area contributed by atoms with Gasteiger partial charge in [-0.2, -0.15) is 11.8 Å². The SMILES string of the molecule is O=C(O)CC(NC(=O)CSCCNC(=O)OCC1c2ccccc2-c2ccccc21)C1CCCC1. The number of carboxylic acid groups (broad SMARTS) is 1. The second-order valence-corrected chi connectivity index (χ2v) is 10.2. The molecule has 0 aromatic heterocycles. The van der Waals surface area contributed by atoms with Crippen molar-refractivity contribution in [3.63, 3.8) is 0 Å². The van der Waals surface area contributed by atoms with Crippen molar-refractivity contribution in [2.45, 2.75) is 44.1 Å².